The third-order valence-corrected chi connectivity index (χ3v) is 8.69. The first-order chi connectivity index (χ1) is 21.6. The fraction of sp³-hybridized carbons (Fsp3) is 0.774. The molecule has 15 nitrogen and oxygen atoms in total. The molecule has 2 fully saturated rings. The van der Waals surface area contributed by atoms with Crippen molar-refractivity contribution in [1.82, 2.24) is 36.8 Å². The van der Waals surface area contributed by atoms with E-state index in [2.05, 4.69) is 31.9 Å². The third-order valence-electron chi connectivity index (χ3n) is 8.69. The number of nitrogens with zero attached hydrogens (tertiary/aromatic N) is 1. The highest BCUT2D eigenvalue weighted by Gasteiger charge is 2.39. The number of hydrogen-bond donors (Lipinski definition) is 7. The van der Waals surface area contributed by atoms with Crippen molar-refractivity contribution in [2.24, 2.45) is 17.8 Å². The van der Waals surface area contributed by atoms with E-state index >= 15 is 0 Å². The van der Waals surface area contributed by atoms with Gasteiger partial charge in [0.2, 0.25) is 41.4 Å². The number of carbonyl (C=O) groups excluding carboxylic acids is 7. The predicted molar refractivity (Wildman–Crippen MR) is 169 cm³/mol. The molecular weight excluding hydrogens is 598 g/mol. The topological polar surface area (TPSA) is 215 Å². The second-order valence-corrected chi connectivity index (χ2v) is 12.9. The highest BCUT2D eigenvalue weighted by Crippen LogP contribution is 2.21. The van der Waals surface area contributed by atoms with Crippen LogP contribution in [0.25, 0.3) is 0 Å². The molecular formula is C31H53N7O8. The third kappa shape index (κ3) is 10.7. The second kappa shape index (κ2) is 17.8. The van der Waals surface area contributed by atoms with Gasteiger partial charge in [-0.05, 0) is 43.9 Å². The molecule has 0 spiro atoms. The van der Waals surface area contributed by atoms with Crippen LogP contribution in [0.4, 0.5) is 0 Å². The van der Waals surface area contributed by atoms with Gasteiger partial charge in [0.1, 0.15) is 30.2 Å². The molecule has 2 aliphatic heterocycles. The van der Waals surface area contributed by atoms with Gasteiger partial charge in [-0.25, -0.2) is 0 Å². The molecule has 0 radical (unpaired) electrons. The maximum atomic E-state index is 13.8. The van der Waals surface area contributed by atoms with Crippen LogP contribution in [-0.4, -0.2) is 107 Å². The Kier molecular flexibility index (Phi) is 14.9. The first-order valence-electron chi connectivity index (χ1n) is 16.3. The second-order valence-electron chi connectivity index (χ2n) is 12.9. The maximum Gasteiger partial charge on any atom is 0.245 e. The number of fused-ring (bicyclic) bond motifs is 1. The maximum absolute atomic E-state index is 13.8. The summed E-state index contributed by atoms with van der Waals surface area (Å²) in [5, 5.41) is 25.8. The minimum absolute atomic E-state index is 0.00537. The first kappa shape index (κ1) is 38.4. The molecule has 7 N–H and O–H groups in total. The Labute approximate surface area is 271 Å². The van der Waals surface area contributed by atoms with Crippen LogP contribution < -0.4 is 31.9 Å². The number of nitrogens with one attached hydrogen (secondary N) is 6. The minimum Gasteiger partial charge on any atom is -0.391 e. The van der Waals surface area contributed by atoms with Gasteiger partial charge in [0, 0.05) is 6.54 Å². The Bertz CT molecular complexity index is 1130. The van der Waals surface area contributed by atoms with Crippen LogP contribution in [0.3, 0.4) is 0 Å². The quantitative estimate of drug-likeness (QED) is 0.175. The smallest absolute Gasteiger partial charge is 0.245 e. The first-order valence-corrected chi connectivity index (χ1v) is 16.3. The van der Waals surface area contributed by atoms with E-state index in [9.17, 15) is 38.7 Å². The zero-order chi connectivity index (χ0) is 34.7. The van der Waals surface area contributed by atoms with Crippen LogP contribution in [0.2, 0.25) is 0 Å². The summed E-state index contributed by atoms with van der Waals surface area (Å²) in [6, 6.07) is -5.42. The monoisotopic (exact) mass is 651 g/mol. The molecule has 2 aliphatic rings. The molecule has 260 valence electrons. The molecule has 0 saturated carbocycles. The molecule has 8 atom stereocenters. The van der Waals surface area contributed by atoms with Crippen molar-refractivity contribution in [3.63, 3.8) is 0 Å². The largest absolute Gasteiger partial charge is 0.391 e. The van der Waals surface area contributed by atoms with E-state index in [4.69, 9.17) is 0 Å². The van der Waals surface area contributed by atoms with Crippen molar-refractivity contribution in [3.05, 3.63) is 0 Å². The molecule has 0 aromatic heterocycles. The highest BCUT2D eigenvalue weighted by atomic mass is 16.3. The molecule has 0 aliphatic carbocycles. The van der Waals surface area contributed by atoms with Gasteiger partial charge in [-0.2, -0.15) is 0 Å². The lowest BCUT2D eigenvalue weighted by atomic mass is 9.96. The van der Waals surface area contributed by atoms with Crippen molar-refractivity contribution in [2.75, 3.05) is 19.6 Å². The van der Waals surface area contributed by atoms with Crippen LogP contribution in [0.15, 0.2) is 0 Å². The van der Waals surface area contributed by atoms with E-state index in [-0.39, 0.29) is 30.7 Å². The van der Waals surface area contributed by atoms with E-state index in [0.29, 0.717) is 25.7 Å². The Morgan fingerprint density at radius 2 is 1.20 bits per heavy atom. The summed E-state index contributed by atoms with van der Waals surface area (Å²) in [6.07, 6.45) is 0.833. The Balaban J connectivity index is 2.48. The summed E-state index contributed by atoms with van der Waals surface area (Å²) in [7, 11) is 0. The van der Waals surface area contributed by atoms with Crippen LogP contribution >= 0.6 is 0 Å². The van der Waals surface area contributed by atoms with Crippen molar-refractivity contribution in [3.8, 4) is 0 Å². The van der Waals surface area contributed by atoms with Crippen molar-refractivity contribution >= 4 is 41.4 Å². The number of amides is 7. The molecule has 0 unspecified atom stereocenters. The van der Waals surface area contributed by atoms with Crippen LogP contribution in [0.5, 0.6) is 0 Å². The SMILES string of the molecule is CC[C@H](C)[C@@H]1NC(=O)CNC(=O)[C@H]([C@@H](C)CC)NC(=O)[C@H]([C@@H](C)O)NC(=O)CNC(=O)[C@@H]2CCCN2C(=O)[C@H](CC(C)C)NC1=O. The molecule has 0 bridgehead atoms. The Morgan fingerprint density at radius 1 is 0.696 bits per heavy atom. The summed E-state index contributed by atoms with van der Waals surface area (Å²) in [6.45, 7) is 11.5. The summed E-state index contributed by atoms with van der Waals surface area (Å²) in [5.74, 6) is -5.20. The lowest BCUT2D eigenvalue weighted by Gasteiger charge is -2.31. The number of hydrogen-bond acceptors (Lipinski definition) is 8. The molecule has 2 heterocycles. The standard InChI is InChI=1S/C31H53N7O8/c1-8-17(5)24-28(43)33-15-22(40)35-25(18(6)9-2)29(44)34-20(13-16(3)4)31(46)38-12-10-11-21(38)27(42)32-14-23(41)36-26(19(7)39)30(45)37-24/h16-21,24-26,39H,8-15H2,1-7H3,(H,32,42)(H,33,43)(H,34,44)(H,35,40)(H,36,41)(H,37,45)/t17-,18-,19+,20-,21-,24-,25-,26-/m0/s1. The fourth-order valence-corrected chi connectivity index (χ4v) is 5.52. The summed E-state index contributed by atoms with van der Waals surface area (Å²) >= 11 is 0. The van der Waals surface area contributed by atoms with Crippen molar-refractivity contribution < 1.29 is 38.7 Å². The average molecular weight is 652 g/mol. The lowest BCUT2D eigenvalue weighted by molar-refractivity contribution is -0.142. The molecule has 7 amide bonds. The Hall–Kier alpha value is -3.75. The summed E-state index contributed by atoms with van der Waals surface area (Å²) < 4.78 is 0. The Morgan fingerprint density at radius 3 is 1.72 bits per heavy atom. The van der Waals surface area contributed by atoms with Crippen LogP contribution in [-0.2, 0) is 33.6 Å². The molecule has 15 heteroatoms. The van der Waals surface area contributed by atoms with Gasteiger partial charge in [0.05, 0.1) is 19.2 Å². The van der Waals surface area contributed by atoms with Gasteiger partial charge in [0.15, 0.2) is 0 Å². The van der Waals surface area contributed by atoms with E-state index < -0.39 is 90.8 Å². The number of rotatable bonds is 7. The van der Waals surface area contributed by atoms with Crippen LogP contribution in [0.1, 0.15) is 80.6 Å². The fourth-order valence-electron chi connectivity index (χ4n) is 5.52. The van der Waals surface area contributed by atoms with E-state index in [1.54, 1.807) is 13.8 Å². The van der Waals surface area contributed by atoms with Crippen molar-refractivity contribution in [1.29, 1.82) is 0 Å². The molecule has 0 aromatic carbocycles. The van der Waals surface area contributed by atoms with Gasteiger partial charge in [-0.1, -0.05) is 54.4 Å². The lowest BCUT2D eigenvalue weighted by Crippen LogP contribution is -2.60. The normalized spacial score (nSPS) is 28.4. The molecule has 46 heavy (non-hydrogen) atoms. The van der Waals surface area contributed by atoms with E-state index in [0.717, 1.165) is 0 Å². The number of aliphatic hydroxyl groups is 1. The number of carbonyl (C=O) groups is 7. The highest BCUT2D eigenvalue weighted by molar-refractivity contribution is 5.97. The predicted octanol–water partition coefficient (Wildman–Crippen LogP) is -1.32. The zero-order valence-corrected chi connectivity index (χ0v) is 28.1. The van der Waals surface area contributed by atoms with Gasteiger partial charge >= 0.3 is 0 Å². The minimum atomic E-state index is -1.45. The van der Waals surface area contributed by atoms with E-state index in [1.165, 1.54) is 11.8 Å². The molecule has 2 saturated heterocycles. The van der Waals surface area contributed by atoms with Gasteiger partial charge < -0.3 is 41.9 Å². The molecule has 2 rings (SSSR count). The summed E-state index contributed by atoms with van der Waals surface area (Å²) in [4.78, 5) is 94.1. The van der Waals surface area contributed by atoms with Crippen molar-refractivity contribution in [2.45, 2.75) is 117 Å². The van der Waals surface area contributed by atoms with Crippen LogP contribution in [0, 0.1) is 17.8 Å². The molecule has 0 aromatic rings. The van der Waals surface area contributed by atoms with Gasteiger partial charge in [-0.15, -0.1) is 0 Å². The number of aliphatic hydroxyl groups excluding tert-OH is 1. The summed E-state index contributed by atoms with van der Waals surface area (Å²) in [5.41, 5.74) is 0. The average Bonchev–Trinajstić information content (AvgIpc) is 3.50. The van der Waals surface area contributed by atoms with Gasteiger partial charge in [0.25, 0.3) is 0 Å². The van der Waals surface area contributed by atoms with E-state index in [1.807, 2.05) is 27.7 Å². The zero-order valence-electron chi connectivity index (χ0n) is 28.1. The van der Waals surface area contributed by atoms with Gasteiger partial charge in [-0.3, -0.25) is 33.6 Å².